The van der Waals surface area contributed by atoms with Crippen LogP contribution in [0.3, 0.4) is 0 Å². The minimum Gasteiger partial charge on any atom is -0.399 e. The first-order valence-corrected chi connectivity index (χ1v) is 9.13. The van der Waals surface area contributed by atoms with Gasteiger partial charge in [-0.1, -0.05) is 12.1 Å². The lowest BCUT2D eigenvalue weighted by atomic mass is 9.78. The quantitative estimate of drug-likeness (QED) is 0.802. The van der Waals surface area contributed by atoms with Crippen molar-refractivity contribution in [3.8, 4) is 0 Å². The highest BCUT2D eigenvalue weighted by atomic mass is 32.2. The Bertz CT molecular complexity index is 661. The molecule has 1 aliphatic heterocycles. The van der Waals surface area contributed by atoms with Crippen molar-refractivity contribution in [1.82, 2.24) is 0 Å². The molecule has 4 nitrogen and oxygen atoms in total. The van der Waals surface area contributed by atoms with Crippen LogP contribution in [0.2, 0.25) is 0 Å². The molecule has 0 bridgehead atoms. The van der Waals surface area contributed by atoms with E-state index in [4.69, 9.17) is 9.31 Å². The molecule has 0 saturated carbocycles. The molecule has 1 aliphatic rings. The van der Waals surface area contributed by atoms with E-state index in [-0.39, 0.29) is 0 Å². The molecule has 1 saturated heterocycles. The average Bonchev–Trinajstić information content (AvgIpc) is 2.57. The van der Waals surface area contributed by atoms with Crippen LogP contribution in [-0.2, 0) is 19.1 Å². The molecule has 1 aromatic carbocycles. The Morgan fingerprint density at radius 3 is 2.00 bits per heavy atom. The van der Waals surface area contributed by atoms with Crippen LogP contribution in [-0.4, -0.2) is 32.0 Å². The topological polar surface area (TPSA) is 52.6 Å². The molecular weight excluding hydrogens is 299 g/mol. The molecule has 0 atom stereocenters. The molecule has 2 rings (SSSR count). The lowest BCUT2D eigenvalue weighted by Gasteiger charge is -2.32. The van der Waals surface area contributed by atoms with Gasteiger partial charge in [0, 0.05) is 5.46 Å². The Balaban J connectivity index is 2.55. The van der Waals surface area contributed by atoms with Gasteiger partial charge in [-0.25, -0.2) is 8.42 Å². The Morgan fingerprint density at radius 1 is 1.05 bits per heavy atom. The third-order valence-electron chi connectivity index (χ3n) is 4.60. The molecule has 0 amide bonds. The van der Waals surface area contributed by atoms with Gasteiger partial charge in [0.2, 0.25) is 0 Å². The lowest BCUT2D eigenvalue weighted by Crippen LogP contribution is -2.41. The van der Waals surface area contributed by atoms with E-state index in [0.29, 0.717) is 10.4 Å². The van der Waals surface area contributed by atoms with Gasteiger partial charge in [0.15, 0.2) is 9.84 Å². The van der Waals surface area contributed by atoms with Crippen LogP contribution in [0.4, 0.5) is 0 Å². The molecule has 6 heteroatoms. The van der Waals surface area contributed by atoms with Gasteiger partial charge < -0.3 is 9.31 Å². The zero-order chi connectivity index (χ0) is 16.9. The summed E-state index contributed by atoms with van der Waals surface area (Å²) in [5.74, 6) is 0. The largest absolute Gasteiger partial charge is 0.496 e. The fraction of sp³-hybridized carbons (Fsp3) is 0.625. The third-order valence-corrected chi connectivity index (χ3v) is 6.81. The number of sulfone groups is 1. The van der Waals surface area contributed by atoms with Gasteiger partial charge in [0.25, 0.3) is 0 Å². The second kappa shape index (κ2) is 5.36. The Labute approximate surface area is 134 Å². The van der Waals surface area contributed by atoms with Crippen LogP contribution < -0.4 is 5.46 Å². The molecule has 0 radical (unpaired) electrons. The molecule has 0 N–H and O–H groups in total. The molecule has 0 aromatic heterocycles. The van der Waals surface area contributed by atoms with E-state index in [2.05, 4.69) is 0 Å². The van der Waals surface area contributed by atoms with Gasteiger partial charge in [-0.2, -0.15) is 0 Å². The Kier molecular flexibility index (Phi) is 4.26. The van der Waals surface area contributed by atoms with Crippen molar-refractivity contribution >= 4 is 22.4 Å². The lowest BCUT2D eigenvalue weighted by molar-refractivity contribution is 0.00578. The summed E-state index contributed by atoms with van der Waals surface area (Å²) in [6.45, 7) is 13.1. The molecule has 1 fully saturated rings. The van der Waals surface area contributed by atoms with Gasteiger partial charge in [0.1, 0.15) is 0 Å². The first-order chi connectivity index (χ1) is 9.88. The van der Waals surface area contributed by atoms with Gasteiger partial charge in [0.05, 0.1) is 21.3 Å². The highest BCUT2D eigenvalue weighted by Crippen LogP contribution is 2.37. The van der Waals surface area contributed by atoms with E-state index in [9.17, 15) is 8.42 Å². The smallest absolute Gasteiger partial charge is 0.399 e. The first kappa shape index (κ1) is 17.5. The van der Waals surface area contributed by atoms with Crippen molar-refractivity contribution in [2.75, 3.05) is 0 Å². The van der Waals surface area contributed by atoms with E-state index in [1.54, 1.807) is 26.0 Å². The minimum atomic E-state index is -3.40. The number of hydrogen-bond acceptors (Lipinski definition) is 4. The molecule has 1 aromatic rings. The Morgan fingerprint density at radius 2 is 1.55 bits per heavy atom. The summed E-state index contributed by atoms with van der Waals surface area (Å²) in [5.41, 5.74) is 0.487. The van der Waals surface area contributed by atoms with Crippen LogP contribution in [0, 0.1) is 6.92 Å². The van der Waals surface area contributed by atoms with Crippen molar-refractivity contribution in [3.05, 3.63) is 23.8 Å². The summed E-state index contributed by atoms with van der Waals surface area (Å²) in [7, 11) is -4.07. The van der Waals surface area contributed by atoms with Crippen LogP contribution in [0.1, 0.15) is 47.1 Å². The fourth-order valence-electron chi connectivity index (χ4n) is 2.31. The van der Waals surface area contributed by atoms with Crippen molar-refractivity contribution in [1.29, 1.82) is 0 Å². The molecule has 22 heavy (non-hydrogen) atoms. The van der Waals surface area contributed by atoms with Crippen LogP contribution in [0.5, 0.6) is 0 Å². The van der Waals surface area contributed by atoms with Crippen LogP contribution >= 0.6 is 0 Å². The van der Waals surface area contributed by atoms with E-state index < -0.39 is 33.4 Å². The predicted molar refractivity (Wildman–Crippen MR) is 89.2 cm³/mol. The highest BCUT2D eigenvalue weighted by molar-refractivity contribution is 7.92. The summed E-state index contributed by atoms with van der Waals surface area (Å²) >= 11 is 0. The third kappa shape index (κ3) is 2.84. The first-order valence-electron chi connectivity index (χ1n) is 7.58. The monoisotopic (exact) mass is 324 g/mol. The fourth-order valence-corrected chi connectivity index (χ4v) is 3.66. The van der Waals surface area contributed by atoms with Gasteiger partial charge in [-0.05, 0) is 60.1 Å². The number of hydrogen-bond donors (Lipinski definition) is 0. The molecule has 0 spiro atoms. The standard InChI is InChI=1S/C16H25BO4S/c1-11(2)22(18,19)14-10-12(3)8-9-13(14)17-20-15(4,5)16(6,7)21-17/h8-11H,1-7H3. The summed E-state index contributed by atoms with van der Waals surface area (Å²) < 4.78 is 37.4. The second-order valence-electron chi connectivity index (χ2n) is 7.22. The van der Waals surface area contributed by atoms with E-state index in [1.165, 1.54) is 0 Å². The van der Waals surface area contributed by atoms with Crippen LogP contribution in [0.15, 0.2) is 23.1 Å². The number of rotatable bonds is 3. The summed E-state index contributed by atoms with van der Waals surface area (Å²) in [6, 6.07) is 5.39. The minimum absolute atomic E-state index is 0.306. The van der Waals surface area contributed by atoms with E-state index in [1.807, 2.05) is 40.7 Å². The number of benzene rings is 1. The molecule has 0 unspecified atom stereocenters. The zero-order valence-corrected chi connectivity index (χ0v) is 15.2. The molecular formula is C16H25BO4S. The summed E-state index contributed by atoms with van der Waals surface area (Å²) in [6.07, 6.45) is 0. The van der Waals surface area contributed by atoms with Gasteiger partial charge in [-0.3, -0.25) is 0 Å². The maximum absolute atomic E-state index is 12.7. The Hall–Kier alpha value is -0.845. The SMILES string of the molecule is Cc1ccc(B2OC(C)(C)C(C)(C)O2)c(S(=O)(=O)C(C)C)c1. The highest BCUT2D eigenvalue weighted by Gasteiger charge is 2.52. The van der Waals surface area contributed by atoms with Crippen molar-refractivity contribution in [2.24, 2.45) is 0 Å². The molecule has 122 valence electrons. The van der Waals surface area contributed by atoms with E-state index in [0.717, 1.165) is 5.56 Å². The molecule has 1 heterocycles. The second-order valence-corrected chi connectivity index (χ2v) is 9.70. The molecule has 0 aliphatic carbocycles. The normalized spacial score (nSPS) is 20.6. The van der Waals surface area contributed by atoms with Crippen molar-refractivity contribution in [2.45, 2.75) is 69.8 Å². The van der Waals surface area contributed by atoms with Gasteiger partial charge in [-0.15, -0.1) is 0 Å². The van der Waals surface area contributed by atoms with Gasteiger partial charge >= 0.3 is 7.12 Å². The number of aryl methyl sites for hydroxylation is 1. The average molecular weight is 324 g/mol. The van der Waals surface area contributed by atoms with Crippen molar-refractivity contribution < 1.29 is 17.7 Å². The zero-order valence-electron chi connectivity index (χ0n) is 14.4. The summed E-state index contributed by atoms with van der Waals surface area (Å²) in [5, 5.41) is -0.490. The maximum Gasteiger partial charge on any atom is 0.496 e. The van der Waals surface area contributed by atoms with E-state index >= 15 is 0 Å². The maximum atomic E-state index is 12.7. The van der Waals surface area contributed by atoms with Crippen LogP contribution in [0.25, 0.3) is 0 Å². The predicted octanol–water partition coefficient (Wildman–Crippen LogP) is 2.48. The summed E-state index contributed by atoms with van der Waals surface area (Å²) in [4.78, 5) is 0.306. The van der Waals surface area contributed by atoms with Crippen molar-refractivity contribution in [3.63, 3.8) is 0 Å².